The normalized spacial score (nSPS) is 13.9. The smallest absolute Gasteiger partial charge is 0.462 e. The van der Waals surface area contributed by atoms with Gasteiger partial charge in [-0.2, -0.15) is 0 Å². The van der Waals surface area contributed by atoms with Crippen LogP contribution >= 0.6 is 15.6 Å². The molecule has 0 aromatic rings. The maximum atomic E-state index is 13.1. The summed E-state index contributed by atoms with van der Waals surface area (Å²) in [6, 6.07) is 0. The third-order valence-corrected chi connectivity index (χ3v) is 19.9. The van der Waals surface area contributed by atoms with E-state index in [1.165, 1.54) is 218 Å². The van der Waals surface area contributed by atoms with Gasteiger partial charge in [0.05, 0.1) is 26.4 Å². The van der Waals surface area contributed by atoms with Crippen molar-refractivity contribution in [2.24, 2.45) is 5.92 Å². The highest BCUT2D eigenvalue weighted by Gasteiger charge is 2.30. The summed E-state index contributed by atoms with van der Waals surface area (Å²) in [5, 5.41) is 10.6. The molecule has 96 heavy (non-hydrogen) atoms. The predicted molar refractivity (Wildman–Crippen MR) is 391 cm³/mol. The Morgan fingerprint density at radius 3 is 0.708 bits per heavy atom. The topological polar surface area (TPSA) is 237 Å². The number of aliphatic hydroxyl groups is 1. The van der Waals surface area contributed by atoms with Crippen molar-refractivity contribution in [3.8, 4) is 0 Å². The molecule has 0 aromatic carbocycles. The van der Waals surface area contributed by atoms with Crippen LogP contribution in [0.25, 0.3) is 0 Å². The zero-order chi connectivity index (χ0) is 70.5. The van der Waals surface area contributed by atoms with Crippen molar-refractivity contribution in [1.82, 2.24) is 0 Å². The molecule has 0 radical (unpaired) electrons. The lowest BCUT2D eigenvalue weighted by atomic mass is 10.0. The predicted octanol–water partition coefficient (Wildman–Crippen LogP) is 22.9. The van der Waals surface area contributed by atoms with Crippen molar-refractivity contribution in [1.29, 1.82) is 0 Å². The molecule has 17 nitrogen and oxygen atoms in total. The van der Waals surface area contributed by atoms with Gasteiger partial charge in [-0.25, -0.2) is 9.13 Å². The number of hydrogen-bond donors (Lipinski definition) is 3. The lowest BCUT2D eigenvalue weighted by Gasteiger charge is -2.21. The average molecular weight is 1410 g/mol. The molecule has 0 aliphatic carbocycles. The zero-order valence-corrected chi connectivity index (χ0v) is 64.3. The van der Waals surface area contributed by atoms with Gasteiger partial charge in [-0.15, -0.1) is 0 Å². The van der Waals surface area contributed by atoms with E-state index in [4.69, 9.17) is 37.0 Å². The number of aliphatic hydroxyl groups excluding tert-OH is 1. The summed E-state index contributed by atoms with van der Waals surface area (Å²) in [6.07, 6.45) is 59.9. The Balaban J connectivity index is 5.15. The minimum absolute atomic E-state index is 0.108. The second kappa shape index (κ2) is 70.1. The van der Waals surface area contributed by atoms with E-state index in [1.807, 2.05) is 0 Å². The van der Waals surface area contributed by atoms with Gasteiger partial charge < -0.3 is 33.8 Å². The standard InChI is InChI=1S/C77H150O17P2/c1-6-9-12-15-18-20-22-24-25-26-27-28-29-30-31-32-34-38-43-48-53-58-63-77(82)94-73(67-88-75(80)61-56-51-46-41-39-35-36-40-45-49-54-59-70(4)5)69-92-96(85,86)90-65-71(78)64-89-95(83,84)91-68-72(66-87-74(79)60-55-50-44-17-14-11-8-3)93-76(81)62-57-52-47-42-37-33-23-21-19-16-13-10-7-2/h70-73,78H,6-69H2,1-5H3,(H,83,84)(H,85,86)/t71-,72+,73+/m0/s1. The van der Waals surface area contributed by atoms with Gasteiger partial charge in [0.15, 0.2) is 12.2 Å². The Kier molecular flexibility index (Phi) is 68.7. The van der Waals surface area contributed by atoms with Gasteiger partial charge in [0.25, 0.3) is 0 Å². The van der Waals surface area contributed by atoms with Crippen molar-refractivity contribution in [2.45, 2.75) is 425 Å². The number of rotatable bonds is 77. The van der Waals surface area contributed by atoms with Crippen molar-refractivity contribution >= 4 is 39.5 Å². The Morgan fingerprint density at radius 2 is 0.479 bits per heavy atom. The third kappa shape index (κ3) is 70.5. The number of phosphoric acid groups is 2. The van der Waals surface area contributed by atoms with E-state index in [1.54, 1.807) is 0 Å². The van der Waals surface area contributed by atoms with Crippen LogP contribution in [0.5, 0.6) is 0 Å². The van der Waals surface area contributed by atoms with E-state index in [0.29, 0.717) is 25.7 Å². The largest absolute Gasteiger partial charge is 0.472 e. The fraction of sp³-hybridized carbons (Fsp3) is 0.948. The number of unbranched alkanes of at least 4 members (excludes halogenated alkanes) is 49. The van der Waals surface area contributed by atoms with Gasteiger partial charge in [0.2, 0.25) is 0 Å². The van der Waals surface area contributed by atoms with Crippen LogP contribution in [0.3, 0.4) is 0 Å². The molecule has 0 rings (SSSR count). The second-order valence-corrected chi connectivity index (χ2v) is 31.1. The van der Waals surface area contributed by atoms with Crippen LogP contribution in [0.2, 0.25) is 0 Å². The third-order valence-electron chi connectivity index (χ3n) is 18.0. The molecule has 570 valence electrons. The lowest BCUT2D eigenvalue weighted by Crippen LogP contribution is -2.30. The number of phosphoric ester groups is 2. The van der Waals surface area contributed by atoms with Crippen LogP contribution < -0.4 is 0 Å². The van der Waals surface area contributed by atoms with E-state index in [2.05, 4.69) is 34.6 Å². The van der Waals surface area contributed by atoms with E-state index < -0.39 is 97.5 Å². The second-order valence-electron chi connectivity index (χ2n) is 28.2. The molecule has 0 aliphatic heterocycles. The first-order valence-electron chi connectivity index (χ1n) is 40.1. The van der Waals surface area contributed by atoms with Gasteiger partial charge in [0.1, 0.15) is 19.3 Å². The number of carbonyl (C=O) groups excluding carboxylic acids is 4. The summed E-state index contributed by atoms with van der Waals surface area (Å²) < 4.78 is 68.4. The molecule has 0 amide bonds. The summed E-state index contributed by atoms with van der Waals surface area (Å²) in [6.45, 7) is 7.26. The van der Waals surface area contributed by atoms with Crippen molar-refractivity contribution in [3.63, 3.8) is 0 Å². The van der Waals surface area contributed by atoms with Gasteiger partial charge >= 0.3 is 39.5 Å². The Morgan fingerprint density at radius 1 is 0.281 bits per heavy atom. The van der Waals surface area contributed by atoms with E-state index >= 15 is 0 Å². The summed E-state index contributed by atoms with van der Waals surface area (Å²) in [5.74, 6) is -1.35. The fourth-order valence-electron chi connectivity index (χ4n) is 11.9. The highest BCUT2D eigenvalue weighted by atomic mass is 31.2. The van der Waals surface area contributed by atoms with Crippen LogP contribution in [-0.4, -0.2) is 96.7 Å². The molecule has 0 heterocycles. The quantitative estimate of drug-likeness (QED) is 0.0222. The minimum atomic E-state index is -4.96. The van der Waals surface area contributed by atoms with Gasteiger partial charge in [-0.3, -0.25) is 37.3 Å². The molecule has 0 spiro atoms. The number of hydrogen-bond acceptors (Lipinski definition) is 15. The van der Waals surface area contributed by atoms with Crippen LogP contribution in [0.15, 0.2) is 0 Å². The molecule has 0 bridgehead atoms. The first-order chi connectivity index (χ1) is 46.5. The summed E-state index contributed by atoms with van der Waals surface area (Å²) in [7, 11) is -9.90. The maximum Gasteiger partial charge on any atom is 0.472 e. The molecule has 19 heteroatoms. The Labute approximate surface area is 588 Å². The Hall–Kier alpha value is -1.94. The van der Waals surface area contributed by atoms with E-state index in [-0.39, 0.29) is 25.7 Å². The lowest BCUT2D eigenvalue weighted by molar-refractivity contribution is -0.161. The molecule has 0 fully saturated rings. The first-order valence-corrected chi connectivity index (χ1v) is 43.1. The van der Waals surface area contributed by atoms with Crippen LogP contribution in [0, 0.1) is 5.92 Å². The van der Waals surface area contributed by atoms with Crippen LogP contribution in [-0.2, 0) is 65.4 Å². The molecule has 0 aromatic heterocycles. The molecule has 0 saturated carbocycles. The Bertz CT molecular complexity index is 1840. The summed E-state index contributed by atoms with van der Waals surface area (Å²) in [5.41, 5.74) is 0. The van der Waals surface area contributed by atoms with E-state index in [9.17, 15) is 43.2 Å². The van der Waals surface area contributed by atoms with Crippen molar-refractivity contribution < 1.29 is 80.2 Å². The number of carbonyl (C=O) groups is 4. The fourth-order valence-corrected chi connectivity index (χ4v) is 13.5. The maximum absolute atomic E-state index is 13.1. The van der Waals surface area contributed by atoms with Gasteiger partial charge in [-0.1, -0.05) is 356 Å². The molecule has 0 saturated heterocycles. The SMILES string of the molecule is CCCCCCCCCCCCCCCCCCCCCCCCC(=O)O[C@H](COC(=O)CCCCCCCCCCCCCC(C)C)COP(=O)(O)OC[C@@H](O)COP(=O)(O)OC[C@@H](COC(=O)CCCCCCCCC)OC(=O)CCCCCCCCCCCCCCC. The highest BCUT2D eigenvalue weighted by Crippen LogP contribution is 2.45. The summed E-state index contributed by atoms with van der Waals surface area (Å²) in [4.78, 5) is 72.7. The first kappa shape index (κ1) is 94.1. The average Bonchev–Trinajstić information content (AvgIpc) is 1.48. The number of esters is 4. The highest BCUT2D eigenvalue weighted by molar-refractivity contribution is 7.47. The molecule has 3 N–H and O–H groups in total. The summed E-state index contributed by atoms with van der Waals surface area (Å²) >= 11 is 0. The van der Waals surface area contributed by atoms with Crippen LogP contribution in [0.1, 0.15) is 407 Å². The van der Waals surface area contributed by atoms with Crippen molar-refractivity contribution in [2.75, 3.05) is 39.6 Å². The molecule has 2 unspecified atom stereocenters. The van der Waals surface area contributed by atoms with Gasteiger partial charge in [-0.05, 0) is 31.6 Å². The molecular formula is C77H150O17P2. The molecular weight excluding hydrogens is 1260 g/mol. The van der Waals surface area contributed by atoms with E-state index in [0.717, 1.165) is 109 Å². The minimum Gasteiger partial charge on any atom is -0.462 e. The molecule has 5 atom stereocenters. The van der Waals surface area contributed by atoms with Gasteiger partial charge in [0, 0.05) is 25.7 Å². The van der Waals surface area contributed by atoms with Crippen molar-refractivity contribution in [3.05, 3.63) is 0 Å². The monoisotopic (exact) mass is 1410 g/mol. The van der Waals surface area contributed by atoms with Crippen LogP contribution in [0.4, 0.5) is 0 Å². The molecule has 0 aliphatic rings. The number of ether oxygens (including phenoxy) is 4. The zero-order valence-electron chi connectivity index (χ0n) is 62.5.